The maximum atomic E-state index is 13.0. The number of esters is 1. The minimum Gasteiger partial charge on any atom is -0.478 e. The van der Waals surface area contributed by atoms with Gasteiger partial charge in [0.25, 0.3) is 0 Å². The molecule has 6 nitrogen and oxygen atoms in total. The number of halogens is 5. The molecule has 264 valence electrons. The molecule has 2 aromatic heterocycles. The summed E-state index contributed by atoms with van der Waals surface area (Å²) in [4.78, 5) is 27.3. The Balaban J connectivity index is 1.33. The number of carbonyl (C=O) groups excluding carboxylic acids is 1. The minimum atomic E-state index is -9.81. The van der Waals surface area contributed by atoms with Crippen molar-refractivity contribution in [2.75, 3.05) is 13.2 Å². The van der Waals surface area contributed by atoms with Gasteiger partial charge in [-0.3, -0.25) is 4.79 Å². The van der Waals surface area contributed by atoms with Crippen LogP contribution in [0.1, 0.15) is 99.3 Å². The predicted molar refractivity (Wildman–Crippen MR) is 178 cm³/mol. The highest BCUT2D eigenvalue weighted by molar-refractivity contribution is 8.45. The molecule has 0 saturated heterocycles. The molecule has 0 aliphatic heterocycles. The topological polar surface area (TPSA) is 78.6 Å². The Morgan fingerprint density at radius 2 is 1.40 bits per heavy atom. The van der Waals surface area contributed by atoms with Crippen molar-refractivity contribution in [1.29, 1.82) is 0 Å². The molecule has 3 rings (SSSR count). The molecule has 0 spiro atoms. The second kappa shape index (κ2) is 14.1. The highest BCUT2D eigenvalue weighted by atomic mass is 32.5. The van der Waals surface area contributed by atoms with Gasteiger partial charge in [-0.1, -0.05) is 97.8 Å². The first-order valence-corrected chi connectivity index (χ1v) is 18.1. The van der Waals surface area contributed by atoms with Gasteiger partial charge in [0.2, 0.25) is 5.88 Å². The number of rotatable bonds is 17. The summed E-state index contributed by atoms with van der Waals surface area (Å²) in [5.74, 6) is 0.379. The number of unbranched alkanes of at least 4 members (excludes halogenated alkanes) is 7. The van der Waals surface area contributed by atoms with Gasteiger partial charge in [0, 0.05) is 17.6 Å². The fraction of sp³-hybridized carbons (Fsp3) is 0.571. The van der Waals surface area contributed by atoms with Gasteiger partial charge in [-0.25, -0.2) is 9.78 Å². The van der Waals surface area contributed by atoms with Crippen LogP contribution in [-0.4, -0.2) is 24.2 Å². The summed E-state index contributed by atoms with van der Waals surface area (Å²) in [6.45, 7) is 13.5. The van der Waals surface area contributed by atoms with Crippen molar-refractivity contribution < 1.29 is 38.1 Å². The first-order chi connectivity index (χ1) is 21.6. The molecule has 0 radical (unpaired) electrons. The molecule has 1 atom stereocenters. The second-order valence-electron chi connectivity index (χ2n) is 14.2. The Morgan fingerprint density at radius 3 is 1.96 bits per heavy atom. The Hall–Kier alpha value is -3.15. The Bertz CT molecular complexity index is 1570. The van der Waals surface area contributed by atoms with Gasteiger partial charge < -0.3 is 13.9 Å². The molecule has 0 saturated carbocycles. The molecule has 1 unspecified atom stereocenters. The summed E-state index contributed by atoms with van der Waals surface area (Å²) in [7, 11) is -9.81. The van der Waals surface area contributed by atoms with Crippen molar-refractivity contribution in [2.24, 2.45) is 16.7 Å². The van der Waals surface area contributed by atoms with E-state index in [1.54, 1.807) is 0 Å². The van der Waals surface area contributed by atoms with Gasteiger partial charge in [-0.05, 0) is 68.2 Å². The number of ether oxygens (including phenoxy) is 2. The molecule has 47 heavy (non-hydrogen) atoms. The lowest BCUT2D eigenvalue weighted by atomic mass is 9.72. The molecular weight excluding hydrogens is 641 g/mol. The van der Waals surface area contributed by atoms with Crippen molar-refractivity contribution >= 4 is 27.2 Å². The fourth-order valence-corrected chi connectivity index (χ4v) is 5.99. The molecule has 0 amide bonds. The maximum Gasteiger partial charge on any atom is 0.344 e. The van der Waals surface area contributed by atoms with Crippen LogP contribution in [0.15, 0.2) is 56.7 Å². The summed E-state index contributed by atoms with van der Waals surface area (Å²) < 4.78 is 81.7. The van der Waals surface area contributed by atoms with Crippen molar-refractivity contribution in [1.82, 2.24) is 4.98 Å². The zero-order valence-corrected chi connectivity index (χ0v) is 29.0. The summed E-state index contributed by atoms with van der Waals surface area (Å²) in [5, 5.41) is 0.399. The minimum absolute atomic E-state index is 0.00776. The van der Waals surface area contributed by atoms with E-state index in [0.29, 0.717) is 18.6 Å². The number of benzene rings is 1. The van der Waals surface area contributed by atoms with Crippen LogP contribution in [0, 0.1) is 16.7 Å². The average Bonchev–Trinajstić information content (AvgIpc) is 2.95. The molecule has 0 aliphatic rings. The van der Waals surface area contributed by atoms with Crippen LogP contribution in [-0.2, 0) is 9.53 Å². The summed E-state index contributed by atoms with van der Waals surface area (Å²) in [5.41, 5.74) is -1.06. The highest BCUT2D eigenvalue weighted by Crippen LogP contribution is 3.02. The molecule has 2 heterocycles. The van der Waals surface area contributed by atoms with E-state index in [1.807, 2.05) is 13.8 Å². The van der Waals surface area contributed by atoms with Crippen LogP contribution in [0.2, 0.25) is 0 Å². The van der Waals surface area contributed by atoms with E-state index < -0.39 is 26.2 Å². The van der Waals surface area contributed by atoms with Crippen LogP contribution in [0.3, 0.4) is 0 Å². The third kappa shape index (κ3) is 11.8. The van der Waals surface area contributed by atoms with Gasteiger partial charge >= 0.3 is 21.8 Å². The number of aromatic nitrogens is 1. The van der Waals surface area contributed by atoms with E-state index in [9.17, 15) is 29.0 Å². The number of carbonyl (C=O) groups is 1. The smallest absolute Gasteiger partial charge is 0.344 e. The maximum absolute atomic E-state index is 13.0. The first-order valence-electron chi connectivity index (χ1n) is 16.2. The van der Waals surface area contributed by atoms with Crippen LogP contribution < -0.4 is 10.4 Å². The lowest BCUT2D eigenvalue weighted by Gasteiger charge is -2.40. The van der Waals surface area contributed by atoms with E-state index in [-0.39, 0.29) is 52.0 Å². The largest absolute Gasteiger partial charge is 0.478 e. The fourth-order valence-electron chi connectivity index (χ4n) is 5.33. The molecular formula is C35H48F5NO5S. The Labute approximate surface area is 274 Å². The van der Waals surface area contributed by atoms with Crippen molar-refractivity contribution in [3.8, 4) is 17.0 Å². The monoisotopic (exact) mass is 689 g/mol. The van der Waals surface area contributed by atoms with Crippen molar-refractivity contribution in [2.45, 2.75) is 104 Å². The highest BCUT2D eigenvalue weighted by Gasteiger charge is 2.65. The van der Waals surface area contributed by atoms with E-state index in [0.717, 1.165) is 69.9 Å². The third-order valence-corrected chi connectivity index (χ3v) is 9.56. The van der Waals surface area contributed by atoms with Crippen LogP contribution in [0.4, 0.5) is 19.4 Å². The van der Waals surface area contributed by atoms with Gasteiger partial charge in [0.05, 0.1) is 24.2 Å². The van der Waals surface area contributed by atoms with E-state index in [4.69, 9.17) is 13.9 Å². The van der Waals surface area contributed by atoms with Gasteiger partial charge in [0.1, 0.15) is 10.5 Å². The standard InChI is InChI=1S/C35H48F5NO5S/c1-25(23-34(2,3)4)35(5,6)33(43)45-20-14-12-10-8-7-9-11-13-19-44-31-22-30-27(24-41-31)21-29(32(42)46-30)26-15-17-28(18-16-26)47(36,37,38,39)40/h15-18,21-22,24-25H,7-14,19-20,23H2,1-6H3. The molecule has 1 aromatic carbocycles. The molecule has 0 bridgehead atoms. The number of nitrogens with zero attached hydrogens (tertiary/aromatic N) is 1. The third-order valence-electron chi connectivity index (χ3n) is 8.40. The molecule has 3 aromatic rings. The summed E-state index contributed by atoms with van der Waals surface area (Å²) >= 11 is 0. The van der Waals surface area contributed by atoms with Crippen LogP contribution in [0.5, 0.6) is 5.88 Å². The Kier molecular flexibility index (Phi) is 11.5. The van der Waals surface area contributed by atoms with Crippen molar-refractivity contribution in [3.05, 3.63) is 53.0 Å². The van der Waals surface area contributed by atoms with E-state index in [1.165, 1.54) is 18.3 Å². The molecule has 12 heteroatoms. The molecule has 0 N–H and O–H groups in total. The summed E-state index contributed by atoms with van der Waals surface area (Å²) in [6, 6.07) is 4.99. The van der Waals surface area contributed by atoms with Gasteiger partial charge in [-0.2, -0.15) is 0 Å². The zero-order valence-electron chi connectivity index (χ0n) is 28.2. The van der Waals surface area contributed by atoms with Gasteiger partial charge in [-0.15, -0.1) is 0 Å². The second-order valence-corrected chi connectivity index (χ2v) is 16.6. The quantitative estimate of drug-likeness (QED) is 0.0797. The summed E-state index contributed by atoms with van der Waals surface area (Å²) in [6.07, 6.45) is 10.4. The van der Waals surface area contributed by atoms with Crippen molar-refractivity contribution in [3.63, 3.8) is 0 Å². The SMILES string of the molecule is CC(CC(C)(C)C)C(C)(C)C(=O)OCCCCCCCCCCOc1cc2oc(=O)c(-c3ccc(S(F)(F)(F)(F)F)cc3)cc2cn1. The van der Waals surface area contributed by atoms with Gasteiger partial charge in [0.15, 0.2) is 0 Å². The number of pyridine rings is 1. The van der Waals surface area contributed by atoms with E-state index >= 15 is 0 Å². The zero-order chi connectivity index (χ0) is 35.2. The van der Waals surface area contributed by atoms with E-state index in [2.05, 4.69) is 32.7 Å². The first kappa shape index (κ1) is 38.3. The van der Waals surface area contributed by atoms with Crippen LogP contribution in [0.25, 0.3) is 22.1 Å². The Morgan fingerprint density at radius 1 is 0.851 bits per heavy atom. The number of hydrogen-bond acceptors (Lipinski definition) is 6. The predicted octanol–water partition coefficient (Wildman–Crippen LogP) is 11.7. The van der Waals surface area contributed by atoms with Crippen LogP contribution >= 0.6 is 10.2 Å². The number of fused-ring (bicyclic) bond motifs is 1. The number of hydrogen-bond donors (Lipinski definition) is 0. The lowest BCUT2D eigenvalue weighted by molar-refractivity contribution is -0.157. The normalized spacial score (nSPS) is 14.8. The molecule has 0 aliphatic carbocycles. The average molecular weight is 690 g/mol. The lowest BCUT2D eigenvalue weighted by Crippen LogP contribution is -2.35. The molecule has 0 fully saturated rings.